The number of likely N-dealkylation sites (tertiary alicyclic amines) is 1. The van der Waals surface area contributed by atoms with Crippen molar-refractivity contribution in [2.75, 3.05) is 13.1 Å². The monoisotopic (exact) mass is 274 g/mol. The molecule has 2 heterocycles. The third-order valence-electron chi connectivity index (χ3n) is 4.09. The van der Waals surface area contributed by atoms with Crippen LogP contribution in [0.25, 0.3) is 10.9 Å². The molecule has 0 aliphatic carbocycles. The predicted molar refractivity (Wildman–Crippen MR) is 80.4 cm³/mol. The summed E-state index contributed by atoms with van der Waals surface area (Å²) in [6, 6.07) is 10.3. The molecule has 1 unspecified atom stereocenters. The first-order valence-electron chi connectivity index (χ1n) is 7.02. The molecule has 0 amide bonds. The van der Waals surface area contributed by atoms with E-state index in [0.717, 1.165) is 23.5 Å². The number of pyridine rings is 1. The van der Waals surface area contributed by atoms with Gasteiger partial charge in [-0.25, -0.2) is 4.98 Å². The number of rotatable bonds is 3. The lowest BCUT2D eigenvalue weighted by Gasteiger charge is -2.16. The van der Waals surface area contributed by atoms with Gasteiger partial charge in [0.1, 0.15) is 5.15 Å². The third kappa shape index (κ3) is 2.75. The van der Waals surface area contributed by atoms with Crippen LogP contribution >= 0.6 is 11.6 Å². The molecule has 1 aromatic heterocycles. The molecule has 0 saturated carbocycles. The molecule has 2 aromatic rings. The Morgan fingerprint density at radius 3 is 3.00 bits per heavy atom. The first kappa shape index (κ1) is 12.9. The molecule has 1 aliphatic rings. The van der Waals surface area contributed by atoms with Gasteiger partial charge in [0.2, 0.25) is 0 Å². The van der Waals surface area contributed by atoms with Gasteiger partial charge in [-0.3, -0.25) is 4.90 Å². The summed E-state index contributed by atoms with van der Waals surface area (Å²) in [6.07, 6.45) is 2.59. The average Bonchev–Trinajstić information content (AvgIpc) is 2.87. The first-order valence-corrected chi connectivity index (χ1v) is 7.40. The van der Waals surface area contributed by atoms with Gasteiger partial charge in [0.25, 0.3) is 0 Å². The second-order valence-corrected chi connectivity index (χ2v) is 5.79. The minimum Gasteiger partial charge on any atom is -0.299 e. The van der Waals surface area contributed by atoms with Crippen molar-refractivity contribution >= 4 is 22.5 Å². The first-order chi connectivity index (χ1) is 9.26. The molecule has 1 saturated heterocycles. The molecule has 1 fully saturated rings. The molecule has 1 atom stereocenters. The largest absolute Gasteiger partial charge is 0.299 e. The summed E-state index contributed by atoms with van der Waals surface area (Å²) in [5.74, 6) is 0.854. The fourth-order valence-electron chi connectivity index (χ4n) is 2.88. The fourth-order valence-corrected chi connectivity index (χ4v) is 3.08. The second kappa shape index (κ2) is 5.48. The van der Waals surface area contributed by atoms with E-state index in [0.29, 0.717) is 5.15 Å². The third-order valence-corrected chi connectivity index (χ3v) is 4.42. The fraction of sp³-hybridized carbons (Fsp3) is 0.438. The van der Waals surface area contributed by atoms with Crippen LogP contribution in [0.1, 0.15) is 25.3 Å². The van der Waals surface area contributed by atoms with Crippen LogP contribution in [-0.4, -0.2) is 23.0 Å². The molecule has 2 nitrogen and oxygen atoms in total. The van der Waals surface area contributed by atoms with Crippen LogP contribution in [0.15, 0.2) is 30.3 Å². The van der Waals surface area contributed by atoms with Crippen molar-refractivity contribution in [1.29, 1.82) is 0 Å². The maximum atomic E-state index is 6.31. The van der Waals surface area contributed by atoms with Gasteiger partial charge in [0.15, 0.2) is 0 Å². The molecule has 19 heavy (non-hydrogen) atoms. The van der Waals surface area contributed by atoms with Gasteiger partial charge in [-0.2, -0.15) is 0 Å². The van der Waals surface area contributed by atoms with E-state index in [1.165, 1.54) is 31.3 Å². The van der Waals surface area contributed by atoms with Crippen molar-refractivity contribution in [2.24, 2.45) is 5.92 Å². The Kier molecular flexibility index (Phi) is 3.72. The molecular formula is C16H19ClN2. The Morgan fingerprint density at radius 2 is 2.21 bits per heavy atom. The molecule has 1 aliphatic heterocycles. The molecular weight excluding hydrogens is 256 g/mol. The summed E-state index contributed by atoms with van der Waals surface area (Å²) in [5, 5.41) is 1.83. The number of nitrogens with zero attached hydrogens (tertiary/aromatic N) is 2. The van der Waals surface area contributed by atoms with Crippen molar-refractivity contribution in [3.63, 3.8) is 0 Å². The molecule has 100 valence electrons. The van der Waals surface area contributed by atoms with E-state index in [1.54, 1.807) is 0 Å². The van der Waals surface area contributed by atoms with Crippen LogP contribution in [0.2, 0.25) is 5.15 Å². The summed E-state index contributed by atoms with van der Waals surface area (Å²) in [7, 11) is 0. The maximum absolute atomic E-state index is 6.31. The number of benzene rings is 1. The van der Waals surface area contributed by atoms with Gasteiger partial charge in [-0.05, 0) is 31.0 Å². The Bertz CT molecular complexity index is 582. The molecule has 0 spiro atoms. The van der Waals surface area contributed by atoms with Crippen LogP contribution in [0.3, 0.4) is 0 Å². The summed E-state index contributed by atoms with van der Waals surface area (Å²) in [6.45, 7) is 5.58. The topological polar surface area (TPSA) is 16.1 Å². The van der Waals surface area contributed by atoms with Gasteiger partial charge in [-0.15, -0.1) is 0 Å². The quantitative estimate of drug-likeness (QED) is 0.783. The van der Waals surface area contributed by atoms with Gasteiger partial charge >= 0.3 is 0 Å². The lowest BCUT2D eigenvalue weighted by atomic mass is 10.1. The average molecular weight is 275 g/mol. The van der Waals surface area contributed by atoms with Crippen LogP contribution in [-0.2, 0) is 6.54 Å². The zero-order valence-corrected chi connectivity index (χ0v) is 12.0. The van der Waals surface area contributed by atoms with Crippen molar-refractivity contribution in [1.82, 2.24) is 9.88 Å². The van der Waals surface area contributed by atoms with Crippen LogP contribution in [0.5, 0.6) is 0 Å². The number of aromatic nitrogens is 1. The standard InChI is InChI=1S/C16H19ClN2/c1-2-12-7-8-19(10-12)11-14-9-13-5-3-4-6-15(13)18-16(14)17/h3-6,9,12H,2,7-8,10-11H2,1H3. The van der Waals surface area contributed by atoms with Gasteiger partial charge in [-0.1, -0.05) is 43.1 Å². The van der Waals surface area contributed by atoms with Crippen molar-refractivity contribution < 1.29 is 0 Å². The van der Waals surface area contributed by atoms with Gasteiger partial charge in [0, 0.05) is 24.0 Å². The van der Waals surface area contributed by atoms with E-state index >= 15 is 0 Å². The number of halogens is 1. The van der Waals surface area contributed by atoms with Crippen molar-refractivity contribution in [2.45, 2.75) is 26.3 Å². The molecule has 0 N–H and O–H groups in total. The van der Waals surface area contributed by atoms with E-state index in [4.69, 9.17) is 11.6 Å². The number of hydrogen-bond donors (Lipinski definition) is 0. The molecule has 3 rings (SSSR count). The predicted octanol–water partition coefficient (Wildman–Crippen LogP) is 4.12. The summed E-state index contributed by atoms with van der Waals surface area (Å²) in [4.78, 5) is 6.99. The van der Waals surface area contributed by atoms with E-state index in [1.807, 2.05) is 18.2 Å². The highest BCUT2D eigenvalue weighted by Gasteiger charge is 2.21. The highest BCUT2D eigenvalue weighted by molar-refractivity contribution is 6.30. The minimum absolute atomic E-state index is 0.652. The zero-order valence-electron chi connectivity index (χ0n) is 11.3. The van der Waals surface area contributed by atoms with Crippen LogP contribution in [0.4, 0.5) is 0 Å². The molecule has 0 radical (unpaired) electrons. The summed E-state index contributed by atoms with van der Waals surface area (Å²) in [5.41, 5.74) is 2.13. The summed E-state index contributed by atoms with van der Waals surface area (Å²) >= 11 is 6.31. The molecule has 3 heteroatoms. The number of para-hydroxylation sites is 1. The van der Waals surface area contributed by atoms with E-state index in [-0.39, 0.29) is 0 Å². The van der Waals surface area contributed by atoms with Gasteiger partial charge in [0.05, 0.1) is 5.52 Å². The lowest BCUT2D eigenvalue weighted by Crippen LogP contribution is -2.20. The molecule has 1 aromatic carbocycles. The van der Waals surface area contributed by atoms with Gasteiger partial charge < -0.3 is 0 Å². The zero-order chi connectivity index (χ0) is 13.2. The van der Waals surface area contributed by atoms with Crippen LogP contribution in [0, 0.1) is 5.92 Å². The number of hydrogen-bond acceptors (Lipinski definition) is 2. The number of fused-ring (bicyclic) bond motifs is 1. The second-order valence-electron chi connectivity index (χ2n) is 5.43. The highest BCUT2D eigenvalue weighted by Crippen LogP contribution is 2.25. The van der Waals surface area contributed by atoms with Crippen molar-refractivity contribution in [3.05, 3.63) is 41.0 Å². The van der Waals surface area contributed by atoms with E-state index in [2.05, 4.69) is 28.9 Å². The Hall–Kier alpha value is -1.12. The lowest BCUT2D eigenvalue weighted by molar-refractivity contribution is 0.315. The smallest absolute Gasteiger partial charge is 0.134 e. The molecule has 0 bridgehead atoms. The van der Waals surface area contributed by atoms with E-state index < -0.39 is 0 Å². The Labute approximate surface area is 119 Å². The Morgan fingerprint density at radius 1 is 1.37 bits per heavy atom. The SMILES string of the molecule is CCC1CCN(Cc2cc3ccccc3nc2Cl)C1. The van der Waals surface area contributed by atoms with Crippen LogP contribution < -0.4 is 0 Å². The Balaban J connectivity index is 1.83. The normalized spacial score (nSPS) is 20.2. The minimum atomic E-state index is 0.652. The highest BCUT2D eigenvalue weighted by atomic mass is 35.5. The summed E-state index contributed by atoms with van der Waals surface area (Å²) < 4.78 is 0. The van der Waals surface area contributed by atoms with E-state index in [9.17, 15) is 0 Å². The maximum Gasteiger partial charge on any atom is 0.134 e. The van der Waals surface area contributed by atoms with Crippen molar-refractivity contribution in [3.8, 4) is 0 Å².